The molecule has 1 aliphatic heterocycles. The van der Waals surface area contributed by atoms with Crippen LogP contribution in [0.1, 0.15) is 56.1 Å². The second-order valence-corrected chi connectivity index (χ2v) is 10.3. The molecule has 1 saturated heterocycles. The van der Waals surface area contributed by atoms with Crippen molar-refractivity contribution in [1.82, 2.24) is 0 Å². The highest BCUT2D eigenvalue weighted by molar-refractivity contribution is 5.73. The molecular weight excluding hydrogens is 416 g/mol. The smallest absolute Gasteiger partial charge is 0.335 e. The van der Waals surface area contributed by atoms with Gasteiger partial charge in [0.15, 0.2) is 6.10 Å². The van der Waals surface area contributed by atoms with Crippen LogP contribution in [0.2, 0.25) is 0 Å². The number of rotatable bonds is 3. The fraction of sp³-hybridized carbons (Fsp3) is 0.708. The van der Waals surface area contributed by atoms with Crippen LogP contribution >= 0.6 is 0 Å². The maximum Gasteiger partial charge on any atom is 0.335 e. The molecule has 0 bridgehead atoms. The van der Waals surface area contributed by atoms with Crippen molar-refractivity contribution in [3.63, 3.8) is 0 Å². The van der Waals surface area contributed by atoms with Crippen LogP contribution in [0, 0.1) is 17.3 Å². The lowest BCUT2D eigenvalue weighted by atomic mass is 9.55. The minimum absolute atomic E-state index is 0.0300. The number of hydrogen-bond donors (Lipinski definition) is 5. The lowest BCUT2D eigenvalue weighted by Crippen LogP contribution is -2.61. The molecule has 2 saturated carbocycles. The summed E-state index contributed by atoms with van der Waals surface area (Å²) in [5.41, 5.74) is 2.51. The zero-order valence-electron chi connectivity index (χ0n) is 18.1. The third-order valence-corrected chi connectivity index (χ3v) is 8.71. The summed E-state index contributed by atoms with van der Waals surface area (Å²) in [6.07, 6.45) is -2.28. The monoisotopic (exact) mass is 448 g/mol. The third kappa shape index (κ3) is 3.35. The number of aliphatic hydroxyl groups excluding tert-OH is 4. The maximum atomic E-state index is 11.3. The van der Waals surface area contributed by atoms with Crippen LogP contribution in [0.4, 0.5) is 0 Å². The van der Waals surface area contributed by atoms with E-state index in [0.29, 0.717) is 23.5 Å². The molecule has 4 aliphatic rings. The minimum atomic E-state index is -1.74. The van der Waals surface area contributed by atoms with E-state index in [2.05, 4.69) is 6.92 Å². The summed E-state index contributed by atoms with van der Waals surface area (Å²) in [5, 5.41) is 49.8. The molecule has 3 fully saturated rings. The highest BCUT2D eigenvalue weighted by atomic mass is 16.7. The molecule has 10 atom stereocenters. The number of benzene rings is 1. The zero-order chi connectivity index (χ0) is 22.8. The van der Waals surface area contributed by atoms with Gasteiger partial charge in [-0.1, -0.05) is 13.0 Å². The van der Waals surface area contributed by atoms with Crippen molar-refractivity contribution >= 4 is 5.97 Å². The number of aliphatic carboxylic acids is 1. The quantitative estimate of drug-likeness (QED) is 0.465. The van der Waals surface area contributed by atoms with E-state index in [0.717, 1.165) is 38.5 Å². The Morgan fingerprint density at radius 3 is 2.59 bits per heavy atom. The topological polar surface area (TPSA) is 137 Å². The summed E-state index contributed by atoms with van der Waals surface area (Å²) in [4.78, 5) is 11.3. The molecule has 32 heavy (non-hydrogen) atoms. The molecule has 5 rings (SSSR count). The van der Waals surface area contributed by atoms with Gasteiger partial charge < -0.3 is 35.0 Å². The first-order valence-electron chi connectivity index (χ1n) is 11.6. The summed E-state index contributed by atoms with van der Waals surface area (Å²) < 4.78 is 11.0. The van der Waals surface area contributed by atoms with E-state index >= 15 is 0 Å². The van der Waals surface area contributed by atoms with E-state index in [9.17, 15) is 30.3 Å². The first-order valence-corrected chi connectivity index (χ1v) is 11.6. The minimum Gasteiger partial charge on any atom is -0.479 e. The van der Waals surface area contributed by atoms with Crippen molar-refractivity contribution in [1.29, 1.82) is 0 Å². The third-order valence-electron chi connectivity index (χ3n) is 8.71. The largest absolute Gasteiger partial charge is 0.479 e. The maximum absolute atomic E-state index is 11.3. The average Bonchev–Trinajstić information content (AvgIpc) is 3.08. The van der Waals surface area contributed by atoms with Gasteiger partial charge in [-0.3, -0.25) is 0 Å². The number of carboxylic acid groups (broad SMARTS) is 1. The van der Waals surface area contributed by atoms with Crippen LogP contribution in [0.3, 0.4) is 0 Å². The lowest BCUT2D eigenvalue weighted by molar-refractivity contribution is -0.271. The number of hydrogen-bond acceptors (Lipinski definition) is 7. The van der Waals surface area contributed by atoms with E-state index in [1.807, 2.05) is 12.1 Å². The zero-order valence-corrected chi connectivity index (χ0v) is 18.1. The first-order chi connectivity index (χ1) is 15.2. The second kappa shape index (κ2) is 7.95. The summed E-state index contributed by atoms with van der Waals surface area (Å²) in [6.45, 7) is 2.25. The van der Waals surface area contributed by atoms with E-state index < -0.39 is 36.7 Å². The SMILES string of the molecule is C[C@@]12CC[C@H]3c4ccc(OC5OC(C(=O)O)C(O)C(O)C5O)cc4CC[C@@H]3[C@H]1CC[C@H]2O. The molecule has 0 aromatic heterocycles. The van der Waals surface area contributed by atoms with Gasteiger partial charge in [-0.15, -0.1) is 0 Å². The molecular formula is C24H32O8. The van der Waals surface area contributed by atoms with Gasteiger partial charge in [-0.2, -0.15) is 0 Å². The first kappa shape index (κ1) is 22.1. The Labute approximate surface area is 186 Å². The number of fused-ring (bicyclic) bond motifs is 5. The normalized spacial score (nSPS) is 45.5. The molecule has 0 amide bonds. The van der Waals surface area contributed by atoms with Crippen LogP contribution in [-0.2, 0) is 16.0 Å². The number of aliphatic hydroxyl groups is 4. The molecule has 1 aromatic rings. The standard InChI is InChI=1S/C24H32O8/c1-24-9-8-14-13-5-3-12(10-11(13)2-4-15(14)16(24)6-7-17(24)25)31-23-20(28)18(26)19(27)21(32-23)22(29)30/h3,5,10,14-21,23,25-28H,2,4,6-9H2,1H3,(H,29,30)/t14-,15-,16+,17+,18?,19?,20?,21?,23?,24+/m0/s1. The van der Waals surface area contributed by atoms with E-state index in [1.165, 1.54) is 11.1 Å². The van der Waals surface area contributed by atoms with E-state index in [-0.39, 0.29) is 11.5 Å². The molecule has 1 aromatic carbocycles. The summed E-state index contributed by atoms with van der Waals surface area (Å²) >= 11 is 0. The number of ether oxygens (including phenoxy) is 2. The van der Waals surface area contributed by atoms with Gasteiger partial charge in [-0.05, 0) is 85.0 Å². The molecule has 8 heteroatoms. The van der Waals surface area contributed by atoms with Gasteiger partial charge >= 0.3 is 5.97 Å². The van der Waals surface area contributed by atoms with Crippen molar-refractivity contribution in [2.24, 2.45) is 17.3 Å². The molecule has 176 valence electrons. The Hall–Kier alpha value is -1.71. The molecule has 1 heterocycles. The number of carbonyl (C=O) groups is 1. The van der Waals surface area contributed by atoms with Crippen LogP contribution in [0.5, 0.6) is 5.75 Å². The molecule has 5 N–H and O–H groups in total. The predicted octanol–water partition coefficient (Wildman–Crippen LogP) is 1.17. The van der Waals surface area contributed by atoms with Crippen LogP contribution in [0.15, 0.2) is 18.2 Å². The Morgan fingerprint density at radius 1 is 1.06 bits per heavy atom. The molecule has 3 aliphatic carbocycles. The highest BCUT2D eigenvalue weighted by Gasteiger charge is 2.54. The van der Waals surface area contributed by atoms with Gasteiger partial charge in [0.2, 0.25) is 6.29 Å². The van der Waals surface area contributed by atoms with E-state index in [4.69, 9.17) is 9.47 Å². The Kier molecular flexibility index (Phi) is 5.49. The Bertz CT molecular complexity index is 889. The van der Waals surface area contributed by atoms with E-state index in [1.54, 1.807) is 6.07 Å². The Morgan fingerprint density at radius 2 is 1.84 bits per heavy atom. The summed E-state index contributed by atoms with van der Waals surface area (Å²) in [6, 6.07) is 5.75. The fourth-order valence-corrected chi connectivity index (χ4v) is 6.89. The van der Waals surface area contributed by atoms with Crippen LogP contribution < -0.4 is 4.74 Å². The van der Waals surface area contributed by atoms with Gasteiger partial charge in [0.25, 0.3) is 0 Å². The molecule has 8 nitrogen and oxygen atoms in total. The van der Waals surface area contributed by atoms with Crippen LogP contribution in [0.25, 0.3) is 0 Å². The van der Waals surface area contributed by atoms with Crippen molar-refractivity contribution in [2.75, 3.05) is 0 Å². The van der Waals surface area contributed by atoms with Crippen molar-refractivity contribution < 1.29 is 39.8 Å². The van der Waals surface area contributed by atoms with Crippen molar-refractivity contribution in [3.05, 3.63) is 29.3 Å². The lowest BCUT2D eigenvalue weighted by Gasteiger charge is -2.50. The second-order valence-electron chi connectivity index (χ2n) is 10.3. The summed E-state index contributed by atoms with van der Waals surface area (Å²) in [7, 11) is 0. The van der Waals surface area contributed by atoms with Crippen molar-refractivity contribution in [2.45, 2.75) is 88.2 Å². The van der Waals surface area contributed by atoms with Gasteiger partial charge in [0, 0.05) is 0 Å². The van der Waals surface area contributed by atoms with Crippen molar-refractivity contribution in [3.8, 4) is 5.75 Å². The molecule has 0 spiro atoms. The Balaban J connectivity index is 1.34. The fourth-order valence-electron chi connectivity index (χ4n) is 6.89. The van der Waals surface area contributed by atoms with Gasteiger partial charge in [0.05, 0.1) is 6.10 Å². The van der Waals surface area contributed by atoms with Crippen LogP contribution in [-0.4, -0.2) is 68.3 Å². The van der Waals surface area contributed by atoms with Gasteiger partial charge in [0.1, 0.15) is 24.1 Å². The highest BCUT2D eigenvalue weighted by Crippen LogP contribution is 2.60. The molecule has 0 radical (unpaired) electrons. The average molecular weight is 449 g/mol. The number of aryl methyl sites for hydroxylation is 1. The number of carboxylic acids is 1. The molecule has 5 unspecified atom stereocenters. The summed E-state index contributed by atoms with van der Waals surface area (Å²) in [5.74, 6) is 0.570. The predicted molar refractivity (Wildman–Crippen MR) is 112 cm³/mol. The van der Waals surface area contributed by atoms with Gasteiger partial charge in [-0.25, -0.2) is 4.79 Å².